The van der Waals surface area contributed by atoms with Gasteiger partial charge in [0.15, 0.2) is 0 Å². The highest BCUT2D eigenvalue weighted by Crippen LogP contribution is 2.30. The highest BCUT2D eigenvalue weighted by molar-refractivity contribution is 9.11. The third-order valence-corrected chi connectivity index (χ3v) is 3.23. The maximum absolute atomic E-state index is 13.1. The standard InChI is InChI=1S/C10H13BrFNO/c11-9-7-8(1-2-10(9)12)13-3-5-14-6-4-13/h7H,1-6H2. The monoisotopic (exact) mass is 261 g/mol. The Morgan fingerprint density at radius 1 is 1.29 bits per heavy atom. The van der Waals surface area contributed by atoms with E-state index in [1.54, 1.807) is 0 Å². The molecule has 2 aliphatic rings. The molecular weight excluding hydrogens is 249 g/mol. The fourth-order valence-corrected chi connectivity index (χ4v) is 2.22. The Hall–Kier alpha value is -0.350. The van der Waals surface area contributed by atoms with Crippen LogP contribution in [-0.2, 0) is 4.74 Å². The molecule has 78 valence electrons. The Bertz CT molecular complexity index is 282. The van der Waals surface area contributed by atoms with Crippen molar-refractivity contribution in [2.45, 2.75) is 12.8 Å². The molecule has 0 amide bonds. The molecule has 1 heterocycles. The van der Waals surface area contributed by atoms with Crippen molar-refractivity contribution in [1.29, 1.82) is 0 Å². The van der Waals surface area contributed by atoms with Gasteiger partial charge in [-0.05, 0) is 28.4 Å². The van der Waals surface area contributed by atoms with Gasteiger partial charge >= 0.3 is 0 Å². The van der Waals surface area contributed by atoms with Crippen LogP contribution in [-0.4, -0.2) is 31.2 Å². The van der Waals surface area contributed by atoms with E-state index in [-0.39, 0.29) is 5.83 Å². The second-order valence-electron chi connectivity index (χ2n) is 3.49. The molecule has 1 fully saturated rings. The van der Waals surface area contributed by atoms with Gasteiger partial charge in [0.1, 0.15) is 5.83 Å². The predicted molar refractivity (Wildman–Crippen MR) is 56.8 cm³/mol. The van der Waals surface area contributed by atoms with E-state index < -0.39 is 0 Å². The second kappa shape index (κ2) is 4.45. The molecule has 0 atom stereocenters. The summed E-state index contributed by atoms with van der Waals surface area (Å²) in [7, 11) is 0. The summed E-state index contributed by atoms with van der Waals surface area (Å²) in [5.41, 5.74) is 1.22. The Morgan fingerprint density at radius 2 is 2.00 bits per heavy atom. The lowest BCUT2D eigenvalue weighted by Gasteiger charge is -2.32. The molecule has 0 spiro atoms. The summed E-state index contributed by atoms with van der Waals surface area (Å²) >= 11 is 3.23. The van der Waals surface area contributed by atoms with Crippen LogP contribution in [0.3, 0.4) is 0 Å². The number of nitrogens with zero attached hydrogens (tertiary/aromatic N) is 1. The first-order valence-corrected chi connectivity index (χ1v) is 5.64. The maximum Gasteiger partial charge on any atom is 0.115 e. The molecule has 2 nitrogen and oxygen atoms in total. The molecule has 0 aromatic rings. The summed E-state index contributed by atoms with van der Waals surface area (Å²) in [6.07, 6.45) is 3.22. The van der Waals surface area contributed by atoms with Crippen LogP contribution in [0.5, 0.6) is 0 Å². The van der Waals surface area contributed by atoms with Crippen molar-refractivity contribution in [2.24, 2.45) is 0 Å². The zero-order valence-corrected chi connectivity index (χ0v) is 9.52. The van der Waals surface area contributed by atoms with Gasteiger partial charge < -0.3 is 9.64 Å². The van der Waals surface area contributed by atoms with Crippen LogP contribution in [0.4, 0.5) is 4.39 Å². The van der Waals surface area contributed by atoms with Gasteiger partial charge in [-0.15, -0.1) is 0 Å². The van der Waals surface area contributed by atoms with E-state index in [1.807, 2.05) is 6.08 Å². The van der Waals surface area contributed by atoms with Crippen molar-refractivity contribution >= 4 is 15.9 Å². The Morgan fingerprint density at radius 3 is 2.64 bits per heavy atom. The van der Waals surface area contributed by atoms with Crippen LogP contribution in [0.25, 0.3) is 0 Å². The van der Waals surface area contributed by atoms with E-state index in [1.165, 1.54) is 5.70 Å². The predicted octanol–water partition coefficient (Wildman–Crippen LogP) is 2.57. The molecule has 1 saturated heterocycles. The normalized spacial score (nSPS) is 23.9. The zero-order valence-electron chi connectivity index (χ0n) is 7.93. The first kappa shape index (κ1) is 10.2. The van der Waals surface area contributed by atoms with Gasteiger partial charge in [0.2, 0.25) is 0 Å². The number of morpholine rings is 1. The van der Waals surface area contributed by atoms with Crippen molar-refractivity contribution in [3.8, 4) is 0 Å². The first-order chi connectivity index (χ1) is 6.77. The highest BCUT2D eigenvalue weighted by atomic mass is 79.9. The highest BCUT2D eigenvalue weighted by Gasteiger charge is 2.18. The molecule has 0 N–H and O–H groups in total. The lowest BCUT2D eigenvalue weighted by molar-refractivity contribution is 0.0518. The quantitative estimate of drug-likeness (QED) is 0.720. The van der Waals surface area contributed by atoms with E-state index >= 15 is 0 Å². The molecule has 2 rings (SSSR count). The van der Waals surface area contributed by atoms with E-state index in [4.69, 9.17) is 4.74 Å². The Labute approximate surface area is 91.5 Å². The Kier molecular flexibility index (Phi) is 3.23. The molecule has 0 bridgehead atoms. The minimum absolute atomic E-state index is 0.0398. The van der Waals surface area contributed by atoms with Gasteiger partial charge in [-0.1, -0.05) is 0 Å². The first-order valence-electron chi connectivity index (χ1n) is 4.85. The fourth-order valence-electron chi connectivity index (χ4n) is 1.75. The van der Waals surface area contributed by atoms with Crippen molar-refractivity contribution in [1.82, 2.24) is 4.90 Å². The largest absolute Gasteiger partial charge is 0.378 e. The number of hydrogen-bond acceptors (Lipinski definition) is 2. The average Bonchev–Trinajstić information content (AvgIpc) is 2.23. The van der Waals surface area contributed by atoms with Gasteiger partial charge in [0, 0.05) is 25.2 Å². The molecule has 14 heavy (non-hydrogen) atoms. The van der Waals surface area contributed by atoms with Crippen LogP contribution >= 0.6 is 15.9 Å². The molecule has 0 aromatic heterocycles. The SMILES string of the molecule is FC1=C(Br)C=C(N2CCOCC2)CC1. The minimum Gasteiger partial charge on any atom is -0.378 e. The maximum atomic E-state index is 13.1. The van der Waals surface area contributed by atoms with E-state index in [2.05, 4.69) is 20.8 Å². The van der Waals surface area contributed by atoms with Crippen molar-refractivity contribution in [3.05, 3.63) is 22.1 Å². The fraction of sp³-hybridized carbons (Fsp3) is 0.600. The second-order valence-corrected chi connectivity index (χ2v) is 4.34. The number of halogens is 2. The van der Waals surface area contributed by atoms with Gasteiger partial charge in [-0.3, -0.25) is 0 Å². The lowest BCUT2D eigenvalue weighted by Crippen LogP contribution is -2.36. The number of rotatable bonds is 1. The summed E-state index contributed by atoms with van der Waals surface area (Å²) in [5, 5.41) is 0. The number of allylic oxidation sites excluding steroid dienone is 4. The van der Waals surface area contributed by atoms with Crippen molar-refractivity contribution < 1.29 is 9.13 Å². The molecule has 1 aliphatic carbocycles. The van der Waals surface area contributed by atoms with E-state index in [0.29, 0.717) is 10.9 Å². The van der Waals surface area contributed by atoms with Crippen LogP contribution in [0.2, 0.25) is 0 Å². The molecule has 4 heteroatoms. The Balaban J connectivity index is 2.07. The molecule has 0 saturated carbocycles. The zero-order chi connectivity index (χ0) is 9.97. The van der Waals surface area contributed by atoms with Gasteiger partial charge in [-0.2, -0.15) is 0 Å². The number of ether oxygens (including phenoxy) is 1. The van der Waals surface area contributed by atoms with E-state index in [9.17, 15) is 4.39 Å². The van der Waals surface area contributed by atoms with E-state index in [0.717, 1.165) is 32.7 Å². The van der Waals surface area contributed by atoms with Crippen LogP contribution in [0.15, 0.2) is 22.1 Å². The van der Waals surface area contributed by atoms with Crippen molar-refractivity contribution in [3.63, 3.8) is 0 Å². The number of hydrogen-bond donors (Lipinski definition) is 0. The third-order valence-electron chi connectivity index (χ3n) is 2.57. The molecule has 0 radical (unpaired) electrons. The third kappa shape index (κ3) is 2.17. The minimum atomic E-state index is -0.0398. The summed E-state index contributed by atoms with van der Waals surface area (Å²) in [6, 6.07) is 0. The lowest BCUT2D eigenvalue weighted by atomic mass is 10.1. The molecule has 1 aliphatic heterocycles. The van der Waals surface area contributed by atoms with Crippen molar-refractivity contribution in [2.75, 3.05) is 26.3 Å². The smallest absolute Gasteiger partial charge is 0.115 e. The topological polar surface area (TPSA) is 12.5 Å². The summed E-state index contributed by atoms with van der Waals surface area (Å²) < 4.78 is 18.9. The summed E-state index contributed by atoms with van der Waals surface area (Å²) in [6.45, 7) is 3.41. The van der Waals surface area contributed by atoms with Crippen LogP contribution in [0, 0.1) is 0 Å². The van der Waals surface area contributed by atoms with Gasteiger partial charge in [-0.25, -0.2) is 4.39 Å². The van der Waals surface area contributed by atoms with Crippen LogP contribution in [0.1, 0.15) is 12.8 Å². The molecule has 0 aromatic carbocycles. The molecular formula is C10H13BrFNO. The van der Waals surface area contributed by atoms with Gasteiger partial charge in [0.05, 0.1) is 17.7 Å². The van der Waals surface area contributed by atoms with Crippen LogP contribution < -0.4 is 0 Å². The van der Waals surface area contributed by atoms with Gasteiger partial charge in [0.25, 0.3) is 0 Å². The summed E-state index contributed by atoms with van der Waals surface area (Å²) in [5.74, 6) is -0.0398. The molecule has 0 unspecified atom stereocenters. The summed E-state index contributed by atoms with van der Waals surface area (Å²) in [4.78, 5) is 2.28. The average molecular weight is 262 g/mol.